The largest absolute Gasteiger partial charge is 0.393 e. The number of non-ortho nitro benzene ring substituents is 1. The normalized spacial score (nSPS) is 11.9. The van der Waals surface area contributed by atoms with E-state index in [9.17, 15) is 14.9 Å². The summed E-state index contributed by atoms with van der Waals surface area (Å²) in [6.07, 6.45) is 0.943. The molecule has 1 atom stereocenters. The van der Waals surface area contributed by atoms with Gasteiger partial charge in [0.2, 0.25) is 0 Å². The molecule has 6 nitrogen and oxygen atoms in total. The molecule has 0 aliphatic heterocycles. The van der Waals surface area contributed by atoms with Crippen molar-refractivity contribution in [3.8, 4) is 0 Å². The van der Waals surface area contributed by atoms with Crippen LogP contribution in [0.4, 0.5) is 5.69 Å². The number of amides is 1. The van der Waals surface area contributed by atoms with Crippen LogP contribution in [0.25, 0.3) is 0 Å². The summed E-state index contributed by atoms with van der Waals surface area (Å²) in [5, 5.41) is 22.2. The molecule has 0 saturated carbocycles. The van der Waals surface area contributed by atoms with Gasteiger partial charge in [-0.15, -0.1) is 0 Å². The number of aliphatic hydroxyl groups is 1. The Balaban J connectivity index is 2.44. The molecule has 1 aromatic carbocycles. The second-order valence-electron chi connectivity index (χ2n) is 4.05. The Bertz CT molecular complexity index is 415. The zero-order chi connectivity index (χ0) is 13.5. The predicted octanol–water partition coefficient (Wildman–Crippen LogP) is 1.49. The van der Waals surface area contributed by atoms with Crippen LogP contribution in [-0.2, 0) is 0 Å². The topological polar surface area (TPSA) is 92.5 Å². The molecule has 6 heteroatoms. The SMILES string of the molecule is CC(O)CCCNC(=O)c1ccc([N+](=O)[O-])cc1. The number of nitro benzene ring substituents is 1. The molecule has 0 aliphatic rings. The summed E-state index contributed by atoms with van der Waals surface area (Å²) in [7, 11) is 0. The molecule has 0 radical (unpaired) electrons. The third-order valence-corrected chi connectivity index (χ3v) is 2.42. The van der Waals surface area contributed by atoms with Gasteiger partial charge in [-0.25, -0.2) is 0 Å². The van der Waals surface area contributed by atoms with Crippen molar-refractivity contribution < 1.29 is 14.8 Å². The lowest BCUT2D eigenvalue weighted by Gasteiger charge is -2.06. The summed E-state index contributed by atoms with van der Waals surface area (Å²) >= 11 is 0. The quantitative estimate of drug-likeness (QED) is 0.455. The molecule has 0 aromatic heterocycles. The highest BCUT2D eigenvalue weighted by Crippen LogP contribution is 2.11. The van der Waals surface area contributed by atoms with E-state index in [1.54, 1.807) is 6.92 Å². The van der Waals surface area contributed by atoms with E-state index in [0.717, 1.165) is 0 Å². The van der Waals surface area contributed by atoms with Gasteiger partial charge in [0.25, 0.3) is 11.6 Å². The van der Waals surface area contributed by atoms with Crippen molar-refractivity contribution >= 4 is 11.6 Å². The molecule has 0 fully saturated rings. The number of nitro groups is 1. The lowest BCUT2D eigenvalue weighted by Crippen LogP contribution is -2.24. The van der Waals surface area contributed by atoms with Crippen molar-refractivity contribution in [2.75, 3.05) is 6.54 Å². The summed E-state index contributed by atoms with van der Waals surface area (Å²) < 4.78 is 0. The number of hydrogen-bond acceptors (Lipinski definition) is 4. The average molecular weight is 252 g/mol. The Morgan fingerprint density at radius 3 is 2.56 bits per heavy atom. The van der Waals surface area contributed by atoms with E-state index in [4.69, 9.17) is 5.11 Å². The zero-order valence-corrected chi connectivity index (χ0v) is 10.1. The second-order valence-corrected chi connectivity index (χ2v) is 4.05. The van der Waals surface area contributed by atoms with Crippen LogP contribution in [-0.4, -0.2) is 28.6 Å². The first-order valence-corrected chi connectivity index (χ1v) is 5.71. The van der Waals surface area contributed by atoms with Crippen LogP contribution < -0.4 is 5.32 Å². The van der Waals surface area contributed by atoms with E-state index in [1.807, 2.05) is 0 Å². The molecule has 2 N–H and O–H groups in total. The van der Waals surface area contributed by atoms with Crippen molar-refractivity contribution in [2.24, 2.45) is 0 Å². The number of aliphatic hydroxyl groups excluding tert-OH is 1. The molecule has 1 unspecified atom stereocenters. The minimum Gasteiger partial charge on any atom is -0.393 e. The maximum atomic E-state index is 11.6. The fourth-order valence-electron chi connectivity index (χ4n) is 1.44. The van der Waals surface area contributed by atoms with Crippen LogP contribution in [0.15, 0.2) is 24.3 Å². The van der Waals surface area contributed by atoms with E-state index in [-0.39, 0.29) is 17.7 Å². The van der Waals surface area contributed by atoms with Gasteiger partial charge in [-0.2, -0.15) is 0 Å². The summed E-state index contributed by atoms with van der Waals surface area (Å²) in [4.78, 5) is 21.6. The number of rotatable bonds is 6. The van der Waals surface area contributed by atoms with Crippen LogP contribution >= 0.6 is 0 Å². The number of hydrogen-bond donors (Lipinski definition) is 2. The summed E-state index contributed by atoms with van der Waals surface area (Å²) in [6, 6.07) is 5.43. The fraction of sp³-hybridized carbons (Fsp3) is 0.417. The molecule has 0 saturated heterocycles. The Labute approximate surface area is 105 Å². The number of benzene rings is 1. The number of carbonyl (C=O) groups excluding carboxylic acids is 1. The Morgan fingerprint density at radius 2 is 2.06 bits per heavy atom. The first kappa shape index (κ1) is 14.1. The predicted molar refractivity (Wildman–Crippen MR) is 66.3 cm³/mol. The van der Waals surface area contributed by atoms with Crippen molar-refractivity contribution in [3.05, 3.63) is 39.9 Å². The van der Waals surface area contributed by atoms with Gasteiger partial charge in [0, 0.05) is 24.2 Å². The number of nitrogens with zero attached hydrogens (tertiary/aromatic N) is 1. The van der Waals surface area contributed by atoms with E-state index in [1.165, 1.54) is 24.3 Å². The zero-order valence-electron chi connectivity index (χ0n) is 10.1. The van der Waals surface area contributed by atoms with Crippen molar-refractivity contribution in [1.29, 1.82) is 0 Å². The summed E-state index contributed by atoms with van der Waals surface area (Å²) in [5.41, 5.74) is 0.346. The van der Waals surface area contributed by atoms with Gasteiger partial charge in [0.05, 0.1) is 11.0 Å². The monoisotopic (exact) mass is 252 g/mol. The van der Waals surface area contributed by atoms with Crippen LogP contribution in [0, 0.1) is 10.1 Å². The van der Waals surface area contributed by atoms with Crippen molar-refractivity contribution in [3.63, 3.8) is 0 Å². The first-order valence-electron chi connectivity index (χ1n) is 5.71. The van der Waals surface area contributed by atoms with Gasteiger partial charge in [-0.3, -0.25) is 14.9 Å². The number of carbonyl (C=O) groups is 1. The smallest absolute Gasteiger partial charge is 0.269 e. The van der Waals surface area contributed by atoms with Gasteiger partial charge in [0.1, 0.15) is 0 Å². The van der Waals surface area contributed by atoms with Crippen LogP contribution in [0.3, 0.4) is 0 Å². The maximum Gasteiger partial charge on any atom is 0.269 e. The molecule has 0 heterocycles. The standard InChI is InChI=1S/C12H16N2O4/c1-9(15)3-2-8-13-12(16)10-4-6-11(7-5-10)14(17)18/h4-7,9,15H,2-3,8H2,1H3,(H,13,16). The van der Waals surface area contributed by atoms with E-state index < -0.39 is 4.92 Å². The van der Waals surface area contributed by atoms with Crippen molar-refractivity contribution in [2.45, 2.75) is 25.9 Å². The highest BCUT2D eigenvalue weighted by atomic mass is 16.6. The number of nitrogens with one attached hydrogen (secondary N) is 1. The molecule has 18 heavy (non-hydrogen) atoms. The molecule has 0 spiro atoms. The van der Waals surface area contributed by atoms with Gasteiger partial charge >= 0.3 is 0 Å². The van der Waals surface area contributed by atoms with Crippen LogP contribution in [0.1, 0.15) is 30.1 Å². The summed E-state index contributed by atoms with van der Waals surface area (Å²) in [6.45, 7) is 2.17. The van der Waals surface area contributed by atoms with E-state index in [2.05, 4.69) is 5.32 Å². The van der Waals surface area contributed by atoms with Gasteiger partial charge in [0.15, 0.2) is 0 Å². The summed E-state index contributed by atoms with van der Waals surface area (Å²) in [5.74, 6) is -0.268. The Morgan fingerprint density at radius 1 is 1.44 bits per heavy atom. The molecule has 98 valence electrons. The first-order chi connectivity index (χ1) is 8.50. The maximum absolute atomic E-state index is 11.6. The molecule has 1 aromatic rings. The van der Waals surface area contributed by atoms with Gasteiger partial charge in [-0.1, -0.05) is 0 Å². The highest BCUT2D eigenvalue weighted by molar-refractivity contribution is 5.94. The van der Waals surface area contributed by atoms with Crippen molar-refractivity contribution in [1.82, 2.24) is 5.32 Å². The lowest BCUT2D eigenvalue weighted by atomic mass is 10.2. The highest BCUT2D eigenvalue weighted by Gasteiger charge is 2.08. The molecular weight excluding hydrogens is 236 g/mol. The average Bonchev–Trinajstić information content (AvgIpc) is 2.34. The third kappa shape index (κ3) is 4.50. The van der Waals surface area contributed by atoms with Crippen LogP contribution in [0.5, 0.6) is 0 Å². The second kappa shape index (κ2) is 6.70. The molecule has 0 bridgehead atoms. The van der Waals surface area contributed by atoms with E-state index in [0.29, 0.717) is 24.9 Å². The third-order valence-electron chi connectivity index (χ3n) is 2.42. The Kier molecular flexibility index (Phi) is 5.26. The van der Waals surface area contributed by atoms with Crippen LogP contribution in [0.2, 0.25) is 0 Å². The minimum absolute atomic E-state index is 0.0411. The Hall–Kier alpha value is -1.95. The molecule has 0 aliphatic carbocycles. The fourth-order valence-corrected chi connectivity index (χ4v) is 1.44. The minimum atomic E-state index is -0.510. The lowest BCUT2D eigenvalue weighted by molar-refractivity contribution is -0.384. The van der Waals surface area contributed by atoms with Gasteiger partial charge < -0.3 is 10.4 Å². The molecule has 1 rings (SSSR count). The molecular formula is C12H16N2O4. The van der Waals surface area contributed by atoms with E-state index >= 15 is 0 Å². The van der Waals surface area contributed by atoms with Gasteiger partial charge in [-0.05, 0) is 31.9 Å². The molecule has 1 amide bonds.